The van der Waals surface area contributed by atoms with E-state index in [1.165, 1.54) is 24.3 Å². The zero-order chi connectivity index (χ0) is 14.7. The Morgan fingerprint density at radius 2 is 1.85 bits per heavy atom. The number of amides is 1. The van der Waals surface area contributed by atoms with Crippen molar-refractivity contribution in [2.24, 2.45) is 0 Å². The van der Waals surface area contributed by atoms with Crippen LogP contribution < -0.4 is 11.1 Å². The molecule has 0 aliphatic heterocycles. The van der Waals surface area contributed by atoms with Crippen LogP contribution in [0.15, 0.2) is 42.5 Å². The largest absolute Gasteiger partial charge is 0.398 e. The fourth-order valence-electron chi connectivity index (χ4n) is 1.86. The highest BCUT2D eigenvalue weighted by Crippen LogP contribution is 2.17. The SMILES string of the molecule is C[C@H](NC(=O)c1cc(F)ccc1N)c1cccc(F)c1. The maximum Gasteiger partial charge on any atom is 0.253 e. The van der Waals surface area contributed by atoms with E-state index in [0.717, 1.165) is 6.07 Å². The van der Waals surface area contributed by atoms with Crippen LogP contribution in [0.3, 0.4) is 0 Å². The van der Waals surface area contributed by atoms with Gasteiger partial charge in [0, 0.05) is 5.69 Å². The molecule has 0 unspecified atom stereocenters. The highest BCUT2D eigenvalue weighted by atomic mass is 19.1. The minimum absolute atomic E-state index is 0.0632. The molecule has 5 heteroatoms. The number of anilines is 1. The van der Waals surface area contributed by atoms with Crippen LogP contribution in [0.1, 0.15) is 28.9 Å². The van der Waals surface area contributed by atoms with E-state index in [9.17, 15) is 13.6 Å². The van der Waals surface area contributed by atoms with Gasteiger partial charge >= 0.3 is 0 Å². The van der Waals surface area contributed by atoms with E-state index in [4.69, 9.17) is 5.73 Å². The predicted molar refractivity (Wildman–Crippen MR) is 73.1 cm³/mol. The monoisotopic (exact) mass is 276 g/mol. The van der Waals surface area contributed by atoms with Gasteiger partial charge in [0.2, 0.25) is 0 Å². The van der Waals surface area contributed by atoms with Gasteiger partial charge in [-0.3, -0.25) is 4.79 Å². The fourth-order valence-corrected chi connectivity index (χ4v) is 1.86. The summed E-state index contributed by atoms with van der Waals surface area (Å²) in [4.78, 5) is 12.0. The lowest BCUT2D eigenvalue weighted by molar-refractivity contribution is 0.0940. The number of carbonyl (C=O) groups is 1. The molecule has 2 aromatic carbocycles. The highest BCUT2D eigenvalue weighted by Gasteiger charge is 2.14. The van der Waals surface area contributed by atoms with E-state index in [-0.39, 0.29) is 17.1 Å². The van der Waals surface area contributed by atoms with Crippen molar-refractivity contribution in [2.75, 3.05) is 5.73 Å². The molecular formula is C15H14F2N2O. The van der Waals surface area contributed by atoms with Crippen molar-refractivity contribution >= 4 is 11.6 Å². The number of carbonyl (C=O) groups excluding carboxylic acids is 1. The van der Waals surface area contributed by atoms with E-state index >= 15 is 0 Å². The first kappa shape index (κ1) is 14.0. The molecule has 0 fully saturated rings. The summed E-state index contributed by atoms with van der Waals surface area (Å²) in [6.45, 7) is 1.71. The van der Waals surface area contributed by atoms with Crippen LogP contribution in [0.25, 0.3) is 0 Å². The molecule has 104 valence electrons. The second-order valence-electron chi connectivity index (χ2n) is 4.48. The first-order valence-corrected chi connectivity index (χ1v) is 6.08. The Hall–Kier alpha value is -2.43. The van der Waals surface area contributed by atoms with Crippen molar-refractivity contribution in [1.82, 2.24) is 5.32 Å². The van der Waals surface area contributed by atoms with Crippen LogP contribution in [0.4, 0.5) is 14.5 Å². The van der Waals surface area contributed by atoms with Gasteiger partial charge in [-0.1, -0.05) is 12.1 Å². The Kier molecular flexibility index (Phi) is 3.98. The van der Waals surface area contributed by atoms with Crippen LogP contribution in [-0.4, -0.2) is 5.91 Å². The van der Waals surface area contributed by atoms with Gasteiger partial charge in [-0.05, 0) is 42.8 Å². The Balaban J connectivity index is 2.17. The fraction of sp³-hybridized carbons (Fsp3) is 0.133. The smallest absolute Gasteiger partial charge is 0.253 e. The number of nitrogens with one attached hydrogen (secondary N) is 1. The van der Waals surface area contributed by atoms with Gasteiger partial charge in [-0.15, -0.1) is 0 Å². The summed E-state index contributed by atoms with van der Waals surface area (Å²) < 4.78 is 26.3. The number of nitrogens with two attached hydrogens (primary N) is 1. The third-order valence-electron chi connectivity index (χ3n) is 2.96. The first-order chi connectivity index (χ1) is 9.47. The van der Waals surface area contributed by atoms with Crippen LogP contribution in [0.2, 0.25) is 0 Å². The lowest BCUT2D eigenvalue weighted by Gasteiger charge is -2.15. The van der Waals surface area contributed by atoms with Crippen LogP contribution in [-0.2, 0) is 0 Å². The zero-order valence-corrected chi connectivity index (χ0v) is 10.9. The third kappa shape index (κ3) is 3.12. The second-order valence-corrected chi connectivity index (χ2v) is 4.48. The van der Waals surface area contributed by atoms with Crippen molar-refractivity contribution in [2.45, 2.75) is 13.0 Å². The molecular weight excluding hydrogens is 262 g/mol. The number of benzene rings is 2. The van der Waals surface area contributed by atoms with Crippen molar-refractivity contribution < 1.29 is 13.6 Å². The number of nitrogen functional groups attached to an aromatic ring is 1. The van der Waals surface area contributed by atoms with Gasteiger partial charge < -0.3 is 11.1 Å². The Morgan fingerprint density at radius 1 is 1.15 bits per heavy atom. The maximum atomic E-state index is 13.1. The molecule has 0 bridgehead atoms. The third-order valence-corrected chi connectivity index (χ3v) is 2.96. The summed E-state index contributed by atoms with van der Waals surface area (Å²) in [5, 5.41) is 2.66. The van der Waals surface area contributed by atoms with Gasteiger partial charge in [0.1, 0.15) is 11.6 Å². The van der Waals surface area contributed by atoms with Crippen LogP contribution in [0.5, 0.6) is 0 Å². The number of rotatable bonds is 3. The van der Waals surface area contributed by atoms with Crippen LogP contribution in [0, 0.1) is 11.6 Å². The van der Waals surface area contributed by atoms with Crippen molar-refractivity contribution in [1.29, 1.82) is 0 Å². The minimum Gasteiger partial charge on any atom is -0.398 e. The molecule has 0 radical (unpaired) electrons. The van der Waals surface area contributed by atoms with Gasteiger partial charge in [0.25, 0.3) is 5.91 Å². The molecule has 0 aromatic heterocycles. The van der Waals surface area contributed by atoms with E-state index < -0.39 is 17.8 Å². The Labute approximate surface area is 115 Å². The number of hydrogen-bond acceptors (Lipinski definition) is 2. The lowest BCUT2D eigenvalue weighted by atomic mass is 10.1. The molecule has 0 aliphatic carbocycles. The Bertz CT molecular complexity index is 644. The summed E-state index contributed by atoms with van der Waals surface area (Å²) in [6, 6.07) is 9.08. The normalized spacial score (nSPS) is 11.9. The number of halogens is 2. The Morgan fingerprint density at radius 3 is 2.55 bits per heavy atom. The molecule has 20 heavy (non-hydrogen) atoms. The van der Waals surface area contributed by atoms with E-state index in [1.54, 1.807) is 19.1 Å². The maximum absolute atomic E-state index is 13.1. The predicted octanol–water partition coefficient (Wildman–Crippen LogP) is 3.04. The van der Waals surface area contributed by atoms with Crippen molar-refractivity contribution in [3.63, 3.8) is 0 Å². The molecule has 0 aliphatic rings. The van der Waals surface area contributed by atoms with Gasteiger partial charge in [-0.2, -0.15) is 0 Å². The molecule has 0 heterocycles. The number of hydrogen-bond donors (Lipinski definition) is 2. The topological polar surface area (TPSA) is 55.1 Å². The van der Waals surface area contributed by atoms with Gasteiger partial charge in [0.05, 0.1) is 11.6 Å². The second kappa shape index (κ2) is 5.69. The van der Waals surface area contributed by atoms with Crippen molar-refractivity contribution in [3.8, 4) is 0 Å². The highest BCUT2D eigenvalue weighted by molar-refractivity contribution is 5.99. The quantitative estimate of drug-likeness (QED) is 0.847. The molecule has 2 aromatic rings. The lowest BCUT2D eigenvalue weighted by Crippen LogP contribution is -2.27. The summed E-state index contributed by atoms with van der Waals surface area (Å²) in [5.74, 6) is -1.42. The molecule has 1 amide bonds. The first-order valence-electron chi connectivity index (χ1n) is 6.08. The van der Waals surface area contributed by atoms with Crippen molar-refractivity contribution in [3.05, 3.63) is 65.2 Å². The molecule has 1 atom stereocenters. The van der Waals surface area contributed by atoms with E-state index in [0.29, 0.717) is 5.56 Å². The van der Waals surface area contributed by atoms with E-state index in [2.05, 4.69) is 5.32 Å². The summed E-state index contributed by atoms with van der Waals surface area (Å²) in [5.41, 5.74) is 6.51. The van der Waals surface area contributed by atoms with Gasteiger partial charge in [0.15, 0.2) is 0 Å². The standard InChI is InChI=1S/C15H14F2N2O/c1-9(10-3-2-4-11(16)7-10)19-15(20)13-8-12(17)5-6-14(13)18/h2-9H,18H2,1H3,(H,19,20)/t9-/m0/s1. The average Bonchev–Trinajstić information content (AvgIpc) is 2.41. The molecule has 2 rings (SSSR count). The van der Waals surface area contributed by atoms with E-state index in [1.807, 2.05) is 0 Å². The van der Waals surface area contributed by atoms with Gasteiger partial charge in [-0.25, -0.2) is 8.78 Å². The molecule has 3 N–H and O–H groups in total. The molecule has 0 saturated heterocycles. The molecule has 3 nitrogen and oxygen atoms in total. The molecule has 0 spiro atoms. The van der Waals surface area contributed by atoms with Crippen LogP contribution >= 0.6 is 0 Å². The average molecular weight is 276 g/mol. The zero-order valence-electron chi connectivity index (χ0n) is 10.9. The summed E-state index contributed by atoms with van der Waals surface area (Å²) in [6.07, 6.45) is 0. The minimum atomic E-state index is -0.539. The molecule has 0 saturated carbocycles. The summed E-state index contributed by atoms with van der Waals surface area (Å²) >= 11 is 0. The summed E-state index contributed by atoms with van der Waals surface area (Å²) in [7, 11) is 0.